The van der Waals surface area contributed by atoms with Crippen molar-refractivity contribution in [3.8, 4) is 0 Å². The van der Waals surface area contributed by atoms with Gasteiger partial charge in [0.25, 0.3) is 0 Å². The van der Waals surface area contributed by atoms with E-state index in [4.69, 9.17) is 9.47 Å². The number of aliphatic hydroxyl groups excluding tert-OH is 7. The van der Waals surface area contributed by atoms with Gasteiger partial charge in [-0.25, -0.2) is 0 Å². The molecule has 0 bridgehead atoms. The second kappa shape index (κ2) is 9.07. The van der Waals surface area contributed by atoms with Gasteiger partial charge in [0.15, 0.2) is 6.29 Å². The topological polar surface area (TPSA) is 189 Å². The van der Waals surface area contributed by atoms with Gasteiger partial charge in [-0.3, -0.25) is 4.79 Å². The maximum atomic E-state index is 11.5. The number of carbonyl (C=O) groups is 1. The second-order valence-electron chi connectivity index (χ2n) is 7.18. The van der Waals surface area contributed by atoms with Gasteiger partial charge in [0, 0.05) is 18.8 Å². The van der Waals surface area contributed by atoms with E-state index in [1.807, 2.05) is 0 Å². The summed E-state index contributed by atoms with van der Waals surface area (Å²) in [6.07, 6.45) is -10.5. The SMILES string of the molecule is CC(=O)NC1C(O)[C@H](O)[C@H](CO)O[C@H]1OC1C(CO)C(O)[C@H](O)[C@@H]1[C@@H](C)O. The molecule has 11 heteroatoms. The Bertz CT molecular complexity index is 506. The number of amides is 1. The molecule has 1 aliphatic heterocycles. The summed E-state index contributed by atoms with van der Waals surface area (Å²) < 4.78 is 11.2. The van der Waals surface area contributed by atoms with Crippen LogP contribution >= 0.6 is 0 Å². The number of nitrogens with one attached hydrogen (secondary N) is 1. The molecule has 0 spiro atoms. The highest BCUT2D eigenvalue weighted by molar-refractivity contribution is 5.73. The summed E-state index contributed by atoms with van der Waals surface area (Å²) in [7, 11) is 0. The number of carbonyl (C=O) groups excluding carboxylic acids is 1. The molecule has 1 heterocycles. The summed E-state index contributed by atoms with van der Waals surface area (Å²) in [5.41, 5.74) is 0. The summed E-state index contributed by atoms with van der Waals surface area (Å²) in [4.78, 5) is 11.5. The van der Waals surface area contributed by atoms with E-state index in [0.29, 0.717) is 0 Å². The van der Waals surface area contributed by atoms with Crippen molar-refractivity contribution >= 4 is 5.91 Å². The molecule has 1 saturated carbocycles. The molecule has 0 radical (unpaired) electrons. The third-order valence-corrected chi connectivity index (χ3v) is 5.29. The van der Waals surface area contributed by atoms with Crippen molar-refractivity contribution in [3.63, 3.8) is 0 Å². The van der Waals surface area contributed by atoms with Crippen LogP contribution in [0.15, 0.2) is 0 Å². The van der Waals surface area contributed by atoms with Crippen LogP contribution in [0.25, 0.3) is 0 Å². The van der Waals surface area contributed by atoms with Crippen LogP contribution in [0.2, 0.25) is 0 Å². The van der Waals surface area contributed by atoms with Crippen LogP contribution in [-0.4, -0.2) is 110 Å². The minimum atomic E-state index is -1.53. The Labute approximate surface area is 156 Å². The lowest BCUT2D eigenvalue weighted by atomic mass is 9.94. The van der Waals surface area contributed by atoms with E-state index in [0.717, 1.165) is 0 Å². The Balaban J connectivity index is 2.29. The van der Waals surface area contributed by atoms with E-state index in [1.165, 1.54) is 13.8 Å². The van der Waals surface area contributed by atoms with Gasteiger partial charge < -0.3 is 50.5 Å². The maximum absolute atomic E-state index is 11.5. The zero-order chi connectivity index (χ0) is 20.5. The van der Waals surface area contributed by atoms with Gasteiger partial charge in [-0.1, -0.05) is 0 Å². The molecule has 1 amide bonds. The highest BCUT2D eigenvalue weighted by Crippen LogP contribution is 2.38. The first-order chi connectivity index (χ1) is 12.6. The standard InChI is InChI=1S/C16H29NO10/c1-5(20)9-13(24)11(22)7(3-18)15(9)27-16-10(17-6(2)21)14(25)12(23)8(4-19)26-16/h5,7-16,18-20,22-25H,3-4H2,1-2H3,(H,17,21)/t5-,7?,8+,9+,10?,11?,12-,13-,14?,15?,16+/m1/s1. The normalized spacial score (nSPS) is 46.3. The molecule has 1 aliphatic carbocycles. The first-order valence-electron chi connectivity index (χ1n) is 8.84. The molecule has 11 nitrogen and oxygen atoms in total. The summed E-state index contributed by atoms with van der Waals surface area (Å²) in [5.74, 6) is -2.48. The van der Waals surface area contributed by atoms with Crippen molar-refractivity contribution in [3.05, 3.63) is 0 Å². The van der Waals surface area contributed by atoms with Gasteiger partial charge in [-0.2, -0.15) is 0 Å². The third-order valence-electron chi connectivity index (χ3n) is 5.29. The molecule has 158 valence electrons. The van der Waals surface area contributed by atoms with E-state index >= 15 is 0 Å². The van der Waals surface area contributed by atoms with Crippen LogP contribution in [0.1, 0.15) is 13.8 Å². The summed E-state index contributed by atoms with van der Waals surface area (Å²) in [6, 6.07) is -1.22. The maximum Gasteiger partial charge on any atom is 0.217 e. The lowest BCUT2D eigenvalue weighted by Gasteiger charge is -2.44. The molecule has 27 heavy (non-hydrogen) atoms. The monoisotopic (exact) mass is 395 g/mol. The van der Waals surface area contributed by atoms with Crippen LogP contribution in [0.4, 0.5) is 0 Å². The van der Waals surface area contributed by atoms with Crippen LogP contribution in [0.5, 0.6) is 0 Å². The van der Waals surface area contributed by atoms with Crippen LogP contribution < -0.4 is 5.32 Å². The van der Waals surface area contributed by atoms with Gasteiger partial charge in [0.2, 0.25) is 5.91 Å². The fourth-order valence-corrected chi connectivity index (χ4v) is 3.86. The molecule has 1 saturated heterocycles. The molecule has 0 aromatic carbocycles. The lowest BCUT2D eigenvalue weighted by Crippen LogP contribution is -2.65. The van der Waals surface area contributed by atoms with Crippen LogP contribution in [-0.2, 0) is 14.3 Å². The number of hydrogen-bond acceptors (Lipinski definition) is 10. The molecule has 2 aliphatic rings. The van der Waals surface area contributed by atoms with E-state index in [9.17, 15) is 40.5 Å². The van der Waals surface area contributed by atoms with Crippen LogP contribution in [0.3, 0.4) is 0 Å². The fourth-order valence-electron chi connectivity index (χ4n) is 3.86. The van der Waals surface area contributed by atoms with Crippen molar-refractivity contribution in [1.29, 1.82) is 0 Å². The molecule has 5 unspecified atom stereocenters. The van der Waals surface area contributed by atoms with E-state index < -0.39 is 86.0 Å². The molecule has 0 aromatic heterocycles. The molecular formula is C16H29NO10. The molecule has 0 aromatic rings. The van der Waals surface area contributed by atoms with Crippen molar-refractivity contribution in [1.82, 2.24) is 5.32 Å². The highest BCUT2D eigenvalue weighted by Gasteiger charge is 2.54. The Morgan fingerprint density at radius 1 is 1.07 bits per heavy atom. The summed E-state index contributed by atoms with van der Waals surface area (Å²) >= 11 is 0. The van der Waals surface area contributed by atoms with Crippen molar-refractivity contribution < 1.29 is 50.0 Å². The molecule has 2 rings (SSSR count). The molecule has 8 N–H and O–H groups in total. The predicted octanol–water partition coefficient (Wildman–Crippen LogP) is -4.34. The largest absolute Gasteiger partial charge is 0.396 e. The molecule has 11 atom stereocenters. The van der Waals surface area contributed by atoms with E-state index in [1.54, 1.807) is 0 Å². The van der Waals surface area contributed by atoms with Gasteiger partial charge >= 0.3 is 0 Å². The number of hydrogen-bond donors (Lipinski definition) is 8. The Kier molecular flexibility index (Phi) is 7.53. The lowest BCUT2D eigenvalue weighted by molar-refractivity contribution is -0.292. The summed E-state index contributed by atoms with van der Waals surface area (Å²) in [5, 5.41) is 72.0. The summed E-state index contributed by atoms with van der Waals surface area (Å²) in [6.45, 7) is 1.38. The zero-order valence-corrected chi connectivity index (χ0v) is 15.1. The second-order valence-corrected chi connectivity index (χ2v) is 7.18. The molecular weight excluding hydrogens is 366 g/mol. The first-order valence-corrected chi connectivity index (χ1v) is 8.84. The minimum Gasteiger partial charge on any atom is -0.396 e. The third kappa shape index (κ3) is 4.42. The van der Waals surface area contributed by atoms with Crippen molar-refractivity contribution in [2.75, 3.05) is 13.2 Å². The first kappa shape index (κ1) is 22.4. The van der Waals surface area contributed by atoms with Gasteiger partial charge in [0.05, 0.1) is 37.6 Å². The molecule has 2 fully saturated rings. The highest BCUT2D eigenvalue weighted by atomic mass is 16.7. The number of rotatable bonds is 6. The van der Waals surface area contributed by atoms with Crippen molar-refractivity contribution in [2.45, 2.75) is 68.9 Å². The Morgan fingerprint density at radius 3 is 2.19 bits per heavy atom. The average Bonchev–Trinajstić information content (AvgIpc) is 2.84. The number of ether oxygens (including phenoxy) is 2. The fraction of sp³-hybridized carbons (Fsp3) is 0.938. The van der Waals surface area contributed by atoms with E-state index in [-0.39, 0.29) is 0 Å². The van der Waals surface area contributed by atoms with Gasteiger partial charge in [-0.05, 0) is 6.92 Å². The Morgan fingerprint density at radius 2 is 1.70 bits per heavy atom. The predicted molar refractivity (Wildman–Crippen MR) is 88.0 cm³/mol. The average molecular weight is 395 g/mol. The smallest absolute Gasteiger partial charge is 0.217 e. The van der Waals surface area contributed by atoms with Gasteiger partial charge in [0.1, 0.15) is 24.4 Å². The van der Waals surface area contributed by atoms with E-state index in [2.05, 4.69) is 5.32 Å². The minimum absolute atomic E-state index is 0.539. The quantitative estimate of drug-likeness (QED) is 0.218. The van der Waals surface area contributed by atoms with Crippen LogP contribution in [0, 0.1) is 11.8 Å². The van der Waals surface area contributed by atoms with Crippen molar-refractivity contribution in [2.24, 2.45) is 11.8 Å². The Hall–Kier alpha value is -0.890. The van der Waals surface area contributed by atoms with Gasteiger partial charge in [-0.15, -0.1) is 0 Å². The zero-order valence-electron chi connectivity index (χ0n) is 15.1. The number of aliphatic hydroxyl groups is 7.